The van der Waals surface area contributed by atoms with Gasteiger partial charge in [-0.2, -0.15) is 0 Å². The molecule has 6 aromatic carbocycles. The van der Waals surface area contributed by atoms with Gasteiger partial charge in [-0.3, -0.25) is 0 Å². The van der Waals surface area contributed by atoms with Crippen LogP contribution in [0.15, 0.2) is 189 Å². The minimum absolute atomic E-state index is 0.0382. The highest BCUT2D eigenvalue weighted by molar-refractivity contribution is 5.77. The van der Waals surface area contributed by atoms with Gasteiger partial charge in [-0.15, -0.1) is 0 Å². The van der Waals surface area contributed by atoms with Crippen LogP contribution in [0.25, 0.3) is 67.3 Å². The summed E-state index contributed by atoms with van der Waals surface area (Å²) in [4.78, 5) is 0. The van der Waals surface area contributed by atoms with Crippen LogP contribution in [0.2, 0.25) is 0 Å². The number of hydrogen-bond acceptors (Lipinski definition) is 0. The van der Waals surface area contributed by atoms with Crippen molar-refractivity contribution in [2.45, 2.75) is 164 Å². The summed E-state index contributed by atoms with van der Waals surface area (Å²) in [6.07, 6.45) is 3.67. The van der Waals surface area contributed by atoms with Gasteiger partial charge in [0.25, 0.3) is 0 Å². The topological polar surface area (TPSA) is 15.5 Å². The first-order chi connectivity index (χ1) is 50.3. The summed E-state index contributed by atoms with van der Waals surface area (Å²) >= 11 is 0. The fraction of sp³-hybridized carbons (Fsp3) is 0.364. The summed E-state index contributed by atoms with van der Waals surface area (Å²) in [5.74, 6) is -0.145. The van der Waals surface area contributed by atoms with Gasteiger partial charge in [-0.1, -0.05) is 184 Å². The summed E-state index contributed by atoms with van der Waals surface area (Å²) in [6.45, 7) is 22.3. The molecule has 0 aliphatic rings. The Morgan fingerprint density at radius 3 is 1.21 bits per heavy atom. The Labute approximate surface area is 583 Å². The van der Waals surface area contributed by atoms with Gasteiger partial charge in [0, 0.05) is 93.4 Å². The number of pyridine rings is 4. The molecule has 4 aromatic heterocycles. The van der Waals surface area contributed by atoms with Crippen molar-refractivity contribution in [2.24, 2.45) is 50.4 Å². The zero-order valence-electron chi connectivity index (χ0n) is 76.5. The summed E-state index contributed by atoms with van der Waals surface area (Å²) < 4.78 is 154. The average Bonchev–Trinajstić information content (AvgIpc) is 0.746. The molecule has 4 heteroatoms. The Hall–Kier alpha value is -8.08. The monoisotopic (exact) mass is 1240 g/mol. The lowest BCUT2D eigenvalue weighted by molar-refractivity contribution is -0.661. The third-order valence-electron chi connectivity index (χ3n) is 15.6. The van der Waals surface area contributed by atoms with Crippen molar-refractivity contribution in [2.75, 3.05) is 0 Å². The molecular formula is C88H112N4+4. The van der Waals surface area contributed by atoms with E-state index in [2.05, 4.69) is 82.8 Å². The fourth-order valence-corrected chi connectivity index (χ4v) is 11.5. The zero-order chi connectivity index (χ0) is 82.9. The molecule has 0 spiro atoms. The predicted molar refractivity (Wildman–Crippen MR) is 394 cm³/mol. The molecule has 0 unspecified atom stereocenters. The zero-order valence-corrected chi connectivity index (χ0v) is 58.5. The summed E-state index contributed by atoms with van der Waals surface area (Å²) in [5, 5.41) is 0. The van der Waals surface area contributed by atoms with Crippen molar-refractivity contribution in [3.63, 3.8) is 0 Å². The maximum atomic E-state index is 8.85. The van der Waals surface area contributed by atoms with Gasteiger partial charge in [-0.25, -0.2) is 18.3 Å². The van der Waals surface area contributed by atoms with Crippen molar-refractivity contribution in [1.29, 1.82) is 0 Å². The third kappa shape index (κ3) is 20.0. The van der Waals surface area contributed by atoms with Crippen LogP contribution in [-0.4, -0.2) is 0 Å². The van der Waals surface area contributed by atoms with Crippen LogP contribution in [0.5, 0.6) is 0 Å². The number of aryl methyl sites for hydroxylation is 13. The Balaban J connectivity index is 0.000000208. The molecule has 4 heterocycles. The van der Waals surface area contributed by atoms with Crippen molar-refractivity contribution >= 4 is 0 Å². The first kappa shape index (κ1) is 49.5. The minimum atomic E-state index is -2.50. The minimum Gasteiger partial charge on any atom is -0.201 e. The first-order valence-electron chi connectivity index (χ1n) is 40.9. The number of nitrogens with zero attached hydrogens (tertiary/aromatic N) is 4. The molecule has 0 bridgehead atoms. The molecule has 10 aromatic rings. The van der Waals surface area contributed by atoms with Crippen LogP contribution in [0.4, 0.5) is 0 Å². The Morgan fingerprint density at radius 2 is 0.761 bits per heavy atom. The Morgan fingerprint density at radius 1 is 0.348 bits per heavy atom. The molecule has 0 atom stereocenters. The molecule has 0 radical (unpaired) electrons. The second kappa shape index (κ2) is 30.6. The van der Waals surface area contributed by atoms with Crippen molar-refractivity contribution in [3.8, 4) is 67.3 Å². The number of hydrogen-bond donors (Lipinski definition) is 0. The van der Waals surface area contributed by atoms with E-state index in [0.717, 1.165) is 51.2 Å². The second-order valence-electron chi connectivity index (χ2n) is 28.3. The van der Waals surface area contributed by atoms with Crippen molar-refractivity contribution in [3.05, 3.63) is 261 Å². The maximum Gasteiger partial charge on any atom is 0.212 e. The highest BCUT2D eigenvalue weighted by Gasteiger charge is 2.23. The largest absolute Gasteiger partial charge is 0.212 e. The Bertz CT molecular complexity index is 4910. The first-order valence-corrected chi connectivity index (χ1v) is 31.9. The van der Waals surface area contributed by atoms with Crippen LogP contribution in [-0.2, 0) is 53.7 Å². The van der Waals surface area contributed by atoms with Gasteiger partial charge in [0.1, 0.15) is 28.2 Å². The molecule has 0 fully saturated rings. The van der Waals surface area contributed by atoms with Gasteiger partial charge in [0.05, 0.1) is 0 Å². The molecule has 92 heavy (non-hydrogen) atoms. The SMILES string of the molecule is Cc1ccc(-c2ccc(CC(C)(C)C)c[n+]2C)c(C)c1.[2H]C([2H])([2H])c1cc(C)c(-c2cc(C([2H])([2H])C(C)(C)C)c(C([2H])([2H])[2H])c[n+]2C)cc1-c1ccccc1.[2H]C([2H])([2H])c1cc(C)c(-c2ccc(C([2H])([2H])C(C)C)c[n+]2C)cc1-c1ccccc1.[2H]C([2H])([2H])c1ccc(-c2ccc(C([2H])([2H])C(C)(C)C)c[n+]2C)c(C)c1. The van der Waals surface area contributed by atoms with E-state index in [1.807, 2.05) is 194 Å². The van der Waals surface area contributed by atoms with Crippen LogP contribution >= 0.6 is 0 Å². The molecule has 0 saturated carbocycles. The van der Waals surface area contributed by atoms with E-state index in [-0.39, 0.29) is 22.6 Å². The molecule has 0 amide bonds. The van der Waals surface area contributed by atoms with E-state index >= 15 is 0 Å². The third-order valence-corrected chi connectivity index (χ3v) is 15.6. The Kier molecular flexibility index (Phi) is 16.5. The average molecular weight is 1240 g/mol. The number of benzene rings is 6. The summed E-state index contributed by atoms with van der Waals surface area (Å²) in [5.41, 5.74) is 18.2. The highest BCUT2D eigenvalue weighted by Crippen LogP contribution is 2.35. The van der Waals surface area contributed by atoms with Gasteiger partial charge >= 0.3 is 0 Å². The van der Waals surface area contributed by atoms with Crippen LogP contribution in [0.3, 0.4) is 0 Å². The van der Waals surface area contributed by atoms with Crippen LogP contribution in [0.1, 0.15) is 173 Å². The van der Waals surface area contributed by atoms with Crippen molar-refractivity contribution in [1.82, 2.24) is 0 Å². The molecule has 4 nitrogen and oxygen atoms in total. The van der Waals surface area contributed by atoms with E-state index < -0.39 is 57.4 Å². The van der Waals surface area contributed by atoms with E-state index in [1.165, 1.54) is 34.1 Å². The van der Waals surface area contributed by atoms with E-state index in [9.17, 15) is 0 Å². The van der Waals surface area contributed by atoms with Gasteiger partial charge in [0.15, 0.2) is 24.8 Å². The van der Waals surface area contributed by atoms with E-state index in [4.69, 9.17) is 24.7 Å². The highest BCUT2D eigenvalue weighted by atomic mass is 14.9. The standard InChI is InChI=1S/C26H32N.C24H28N.2C19H26N/c1-18-13-19(2)24(15-23(18)21-11-9-8-10-12-21)25-14-22(16-26(4,5)6)20(3)17-27(25)7;1-17(2)13-20-11-12-24(25(5)16-20)23-15-22(18(3)14-19(23)4)21-9-7-6-8-10-21;2*1-14-7-9-17(15(2)11-14)18-10-8-16(13-20(18)6)12-19(3,4)5/h8-15,17H,16H2,1-7H3;6-12,14-17H,13H2,1-5H3;2*7-11,13H,12H2,1-6H3/q4*+1/i1D3,3D3,16D2;3D3,13D2;1D3,12D2;. The van der Waals surface area contributed by atoms with Crippen LogP contribution in [0, 0.1) is 84.2 Å². The quantitative estimate of drug-likeness (QED) is 0.115. The number of aromatic nitrogens is 4. The summed E-state index contributed by atoms with van der Waals surface area (Å²) in [7, 11) is 7.64. The van der Waals surface area contributed by atoms with Crippen molar-refractivity contribution < 1.29 is 42.9 Å². The fourth-order valence-electron chi connectivity index (χ4n) is 11.5. The molecule has 0 N–H and O–H groups in total. The van der Waals surface area contributed by atoms with E-state index in [0.29, 0.717) is 55.6 Å². The molecule has 0 aliphatic heterocycles. The maximum absolute atomic E-state index is 8.85. The summed E-state index contributed by atoms with van der Waals surface area (Å²) in [6, 6.07) is 51.4. The normalized spacial score (nSPS) is 15.4. The number of rotatable bonds is 11. The smallest absolute Gasteiger partial charge is 0.201 e. The van der Waals surface area contributed by atoms with Gasteiger partial charge in [0.2, 0.25) is 22.8 Å². The van der Waals surface area contributed by atoms with Gasteiger partial charge in [-0.05, 0) is 213 Å². The lowest BCUT2D eigenvalue weighted by atomic mass is 9.86. The van der Waals surface area contributed by atoms with Crippen LogP contribution < -0.4 is 18.3 Å². The van der Waals surface area contributed by atoms with Gasteiger partial charge < -0.3 is 0 Å². The lowest BCUT2D eigenvalue weighted by Gasteiger charge is -2.20. The predicted octanol–water partition coefficient (Wildman–Crippen LogP) is 20.8. The van der Waals surface area contributed by atoms with E-state index in [1.54, 1.807) is 62.7 Å². The second-order valence-corrected chi connectivity index (χ2v) is 28.3. The molecule has 480 valence electrons. The molecule has 10 rings (SSSR count). The lowest BCUT2D eigenvalue weighted by Crippen LogP contribution is -2.32. The molecule has 0 saturated heterocycles. The molecular weight excluding hydrogens is 1110 g/mol. The molecule has 0 aliphatic carbocycles.